The van der Waals surface area contributed by atoms with Crippen molar-refractivity contribution in [3.05, 3.63) is 16.5 Å². The summed E-state index contributed by atoms with van der Waals surface area (Å²) in [5, 5.41) is 0.519. The molecule has 0 radical (unpaired) electrons. The number of hydrogen-bond acceptors (Lipinski definition) is 4. The first-order valence-electron chi connectivity index (χ1n) is 6.56. The average Bonchev–Trinajstić information content (AvgIpc) is 2.82. The molecule has 5 heteroatoms. The molecule has 4 nitrogen and oxygen atoms in total. The number of aryl methyl sites for hydroxylation is 2. The van der Waals surface area contributed by atoms with Crippen LogP contribution in [0.1, 0.15) is 30.7 Å². The van der Waals surface area contributed by atoms with Crippen molar-refractivity contribution in [3.8, 4) is 0 Å². The van der Waals surface area contributed by atoms with Crippen molar-refractivity contribution in [2.24, 2.45) is 0 Å². The molecule has 2 heterocycles. The van der Waals surface area contributed by atoms with E-state index in [1.54, 1.807) is 0 Å². The van der Waals surface area contributed by atoms with Crippen LogP contribution in [0.3, 0.4) is 0 Å². The molecule has 0 aromatic carbocycles. The molecular formula is C13H18ClN3O. The fourth-order valence-corrected chi connectivity index (χ4v) is 3.21. The molecule has 1 aliphatic carbocycles. The number of rotatable bonds is 1. The minimum atomic E-state index is 0.346. The topological polar surface area (TPSA) is 38.2 Å². The van der Waals surface area contributed by atoms with E-state index in [1.165, 1.54) is 6.42 Å². The van der Waals surface area contributed by atoms with Crippen LogP contribution in [0.5, 0.6) is 0 Å². The number of hydrogen-bond donors (Lipinski definition) is 0. The summed E-state index contributed by atoms with van der Waals surface area (Å²) >= 11 is 6.27. The van der Waals surface area contributed by atoms with Crippen molar-refractivity contribution in [2.75, 3.05) is 18.1 Å². The van der Waals surface area contributed by atoms with Gasteiger partial charge in [0.05, 0.1) is 30.1 Å². The summed E-state index contributed by atoms with van der Waals surface area (Å²) < 4.78 is 5.81. The van der Waals surface area contributed by atoms with Crippen LogP contribution in [0, 0.1) is 13.8 Å². The van der Waals surface area contributed by atoms with Gasteiger partial charge in [0, 0.05) is 6.54 Å². The summed E-state index contributed by atoms with van der Waals surface area (Å²) in [6.07, 6.45) is 3.88. The molecule has 2 unspecified atom stereocenters. The van der Waals surface area contributed by atoms with Crippen molar-refractivity contribution in [1.82, 2.24) is 9.97 Å². The Bertz CT molecular complexity index is 466. The summed E-state index contributed by atoms with van der Waals surface area (Å²) in [6.45, 7) is 5.54. The van der Waals surface area contributed by atoms with Gasteiger partial charge in [0.1, 0.15) is 0 Å². The Hall–Kier alpha value is -0.870. The van der Waals surface area contributed by atoms with Crippen LogP contribution in [-0.4, -0.2) is 35.3 Å². The molecule has 0 N–H and O–H groups in total. The maximum Gasteiger partial charge on any atom is 0.171 e. The van der Waals surface area contributed by atoms with Gasteiger partial charge in [-0.3, -0.25) is 0 Å². The van der Waals surface area contributed by atoms with Gasteiger partial charge in [-0.25, -0.2) is 9.97 Å². The van der Waals surface area contributed by atoms with Gasteiger partial charge in [0.2, 0.25) is 0 Å². The summed E-state index contributed by atoms with van der Waals surface area (Å²) in [7, 11) is 0. The standard InChI is InChI=1S/C13H18ClN3O/c1-8-9(2)16-13(12(14)15-8)17-6-7-18-11-5-3-4-10(11)17/h10-11H,3-7H2,1-2H3. The van der Waals surface area contributed by atoms with Gasteiger partial charge in [-0.15, -0.1) is 0 Å². The van der Waals surface area contributed by atoms with Gasteiger partial charge < -0.3 is 9.64 Å². The zero-order valence-electron chi connectivity index (χ0n) is 10.8. The van der Waals surface area contributed by atoms with E-state index in [0.717, 1.165) is 43.2 Å². The molecule has 0 amide bonds. The second-order valence-corrected chi connectivity index (χ2v) is 5.47. The third-order valence-corrected chi connectivity index (χ3v) is 4.26. The third-order valence-electron chi connectivity index (χ3n) is 4.00. The number of nitrogens with zero attached hydrogens (tertiary/aromatic N) is 3. The highest BCUT2D eigenvalue weighted by molar-refractivity contribution is 6.31. The molecule has 3 rings (SSSR count). The monoisotopic (exact) mass is 267 g/mol. The van der Waals surface area contributed by atoms with Crippen LogP contribution in [0.15, 0.2) is 0 Å². The smallest absolute Gasteiger partial charge is 0.171 e. The lowest BCUT2D eigenvalue weighted by Crippen LogP contribution is -2.49. The highest BCUT2D eigenvalue weighted by Crippen LogP contribution is 2.34. The van der Waals surface area contributed by atoms with Crippen molar-refractivity contribution in [3.63, 3.8) is 0 Å². The maximum atomic E-state index is 6.27. The van der Waals surface area contributed by atoms with Crippen molar-refractivity contribution in [1.29, 1.82) is 0 Å². The van der Waals surface area contributed by atoms with Gasteiger partial charge >= 0.3 is 0 Å². The van der Waals surface area contributed by atoms with E-state index in [0.29, 0.717) is 17.3 Å². The van der Waals surface area contributed by atoms with E-state index in [-0.39, 0.29) is 0 Å². The lowest BCUT2D eigenvalue weighted by molar-refractivity contribution is 0.0253. The summed E-state index contributed by atoms with van der Waals surface area (Å²) in [4.78, 5) is 11.3. The van der Waals surface area contributed by atoms with Crippen LogP contribution in [0.25, 0.3) is 0 Å². The third kappa shape index (κ3) is 1.97. The number of morpholine rings is 1. The minimum absolute atomic E-state index is 0.346. The van der Waals surface area contributed by atoms with Crippen molar-refractivity contribution >= 4 is 17.4 Å². The molecule has 98 valence electrons. The van der Waals surface area contributed by atoms with Crippen molar-refractivity contribution < 1.29 is 4.74 Å². The summed E-state index contributed by atoms with van der Waals surface area (Å²) in [6, 6.07) is 0.424. The van der Waals surface area contributed by atoms with E-state index >= 15 is 0 Å². The first kappa shape index (κ1) is 12.2. The second kappa shape index (κ2) is 4.67. The minimum Gasteiger partial charge on any atom is -0.374 e. The number of fused-ring (bicyclic) bond motifs is 1. The second-order valence-electron chi connectivity index (χ2n) is 5.11. The predicted molar refractivity (Wildman–Crippen MR) is 71.2 cm³/mol. The van der Waals surface area contributed by atoms with Crippen molar-refractivity contribution in [2.45, 2.75) is 45.3 Å². The van der Waals surface area contributed by atoms with E-state index < -0.39 is 0 Å². The summed E-state index contributed by atoms with van der Waals surface area (Å²) in [5.41, 5.74) is 1.86. The molecule has 1 saturated carbocycles. The Labute approximate surface area is 112 Å². The summed E-state index contributed by atoms with van der Waals surface area (Å²) in [5.74, 6) is 0.833. The van der Waals surface area contributed by atoms with E-state index in [1.807, 2.05) is 13.8 Å². The normalized spacial score (nSPS) is 27.4. The Morgan fingerprint density at radius 3 is 2.83 bits per heavy atom. The molecule has 2 aliphatic rings. The first-order chi connectivity index (χ1) is 8.66. The van der Waals surface area contributed by atoms with Crippen LogP contribution >= 0.6 is 11.6 Å². The zero-order chi connectivity index (χ0) is 12.7. The van der Waals surface area contributed by atoms with Crippen LogP contribution < -0.4 is 4.90 Å². The van der Waals surface area contributed by atoms with E-state index in [9.17, 15) is 0 Å². The van der Waals surface area contributed by atoms with Gasteiger partial charge in [0.15, 0.2) is 11.0 Å². The zero-order valence-corrected chi connectivity index (χ0v) is 11.6. The van der Waals surface area contributed by atoms with Crippen LogP contribution in [-0.2, 0) is 4.74 Å². The van der Waals surface area contributed by atoms with E-state index in [4.69, 9.17) is 16.3 Å². The average molecular weight is 268 g/mol. The van der Waals surface area contributed by atoms with Gasteiger partial charge in [0.25, 0.3) is 0 Å². The molecule has 1 aromatic heterocycles. The Morgan fingerprint density at radius 1 is 1.22 bits per heavy atom. The predicted octanol–water partition coefficient (Wildman–Crippen LogP) is 2.50. The van der Waals surface area contributed by atoms with Crippen LogP contribution in [0.2, 0.25) is 5.15 Å². The number of anilines is 1. The van der Waals surface area contributed by atoms with Crippen LogP contribution in [0.4, 0.5) is 5.82 Å². The molecule has 18 heavy (non-hydrogen) atoms. The Kier molecular flexibility index (Phi) is 3.16. The fraction of sp³-hybridized carbons (Fsp3) is 0.692. The Morgan fingerprint density at radius 2 is 2.00 bits per heavy atom. The molecule has 0 bridgehead atoms. The van der Waals surface area contributed by atoms with E-state index in [2.05, 4.69) is 14.9 Å². The quantitative estimate of drug-likeness (QED) is 0.784. The Balaban J connectivity index is 1.96. The number of aromatic nitrogens is 2. The molecule has 0 spiro atoms. The largest absolute Gasteiger partial charge is 0.374 e. The number of ether oxygens (including phenoxy) is 1. The lowest BCUT2D eigenvalue weighted by Gasteiger charge is -2.38. The van der Waals surface area contributed by atoms with Gasteiger partial charge in [-0.1, -0.05) is 11.6 Å². The molecule has 2 atom stereocenters. The highest BCUT2D eigenvalue weighted by Gasteiger charge is 2.37. The first-order valence-corrected chi connectivity index (χ1v) is 6.93. The molecular weight excluding hydrogens is 250 g/mol. The van der Waals surface area contributed by atoms with Gasteiger partial charge in [-0.2, -0.15) is 0 Å². The molecule has 1 saturated heterocycles. The number of halogens is 1. The van der Waals surface area contributed by atoms with Gasteiger partial charge in [-0.05, 0) is 33.1 Å². The maximum absolute atomic E-state index is 6.27. The highest BCUT2D eigenvalue weighted by atomic mass is 35.5. The lowest BCUT2D eigenvalue weighted by atomic mass is 10.1. The molecule has 1 aliphatic heterocycles. The SMILES string of the molecule is Cc1nc(Cl)c(N2CCOC3CCCC32)nc1C. The molecule has 1 aromatic rings. The molecule has 2 fully saturated rings. The fourth-order valence-electron chi connectivity index (χ4n) is 2.94.